The number of rotatable bonds is 2. The Morgan fingerprint density at radius 1 is 1.38 bits per heavy atom. The summed E-state index contributed by atoms with van der Waals surface area (Å²) in [5, 5.41) is 0. The topological polar surface area (TPSA) is 30.2 Å². The molecule has 0 spiro atoms. The molecule has 0 radical (unpaired) electrons. The Morgan fingerprint density at radius 2 is 2.15 bits per heavy atom. The van der Waals surface area contributed by atoms with E-state index in [1.54, 1.807) is 24.3 Å². The Morgan fingerprint density at radius 3 is 2.77 bits per heavy atom. The predicted octanol–water partition coefficient (Wildman–Crippen LogP) is 2.97. The molecule has 0 aliphatic heterocycles. The Balaban J connectivity index is 2.81. The van der Waals surface area contributed by atoms with Crippen LogP contribution >= 0.6 is 23.2 Å². The van der Waals surface area contributed by atoms with E-state index in [1.807, 2.05) is 0 Å². The van der Waals surface area contributed by atoms with E-state index in [9.17, 15) is 4.79 Å². The van der Waals surface area contributed by atoms with Gasteiger partial charge in [0, 0.05) is 6.07 Å². The summed E-state index contributed by atoms with van der Waals surface area (Å²) in [4.78, 5) is 10.7. The molecule has 4 heteroatoms. The van der Waals surface area contributed by atoms with Crippen molar-refractivity contribution >= 4 is 29.3 Å². The van der Waals surface area contributed by atoms with E-state index in [2.05, 4.69) is 0 Å². The Hall–Kier alpha value is -0.990. The van der Waals surface area contributed by atoms with Gasteiger partial charge in [-0.2, -0.15) is 0 Å². The van der Waals surface area contributed by atoms with Gasteiger partial charge in [-0.05, 0) is 18.2 Å². The van der Waals surface area contributed by atoms with Crippen LogP contribution < -0.4 is 5.63 Å². The molecule has 0 atom stereocenters. The smallest absolute Gasteiger partial charge is 0.336 e. The lowest BCUT2D eigenvalue weighted by molar-refractivity contribution is 0.501. The second-order valence-electron chi connectivity index (χ2n) is 2.16. The molecule has 1 aromatic rings. The third-order valence-corrected chi connectivity index (χ3v) is 1.45. The fraction of sp³-hybridized carbons (Fsp3) is 0. The van der Waals surface area contributed by atoms with Crippen LogP contribution in [0.15, 0.2) is 44.1 Å². The quantitative estimate of drug-likeness (QED) is 0.712. The fourth-order valence-corrected chi connectivity index (χ4v) is 0.856. The number of halogens is 2. The molecule has 0 amide bonds. The highest BCUT2D eigenvalue weighted by Crippen LogP contribution is 2.07. The molecule has 0 unspecified atom stereocenters. The highest BCUT2D eigenvalue weighted by atomic mass is 35.5. The zero-order valence-corrected chi connectivity index (χ0v) is 8.05. The second kappa shape index (κ2) is 4.90. The van der Waals surface area contributed by atoms with Crippen molar-refractivity contribution in [1.29, 1.82) is 0 Å². The van der Waals surface area contributed by atoms with Crippen LogP contribution in [0.4, 0.5) is 0 Å². The molecule has 68 valence electrons. The van der Waals surface area contributed by atoms with Gasteiger partial charge >= 0.3 is 5.63 Å². The van der Waals surface area contributed by atoms with Gasteiger partial charge in [-0.3, -0.25) is 0 Å². The lowest BCUT2D eigenvalue weighted by Gasteiger charge is -1.87. The first kappa shape index (κ1) is 10.1. The maximum atomic E-state index is 10.7. The second-order valence-corrected chi connectivity index (χ2v) is 3.17. The maximum absolute atomic E-state index is 10.7. The third kappa shape index (κ3) is 3.97. The lowest BCUT2D eigenvalue weighted by Crippen LogP contribution is -1.94. The molecule has 2 nitrogen and oxygen atoms in total. The van der Waals surface area contributed by atoms with Gasteiger partial charge in [0.05, 0.1) is 0 Å². The van der Waals surface area contributed by atoms with E-state index in [0.717, 1.165) is 0 Å². The molecule has 1 heterocycles. The SMILES string of the molecule is O=c1cccc(C=CC=C(Cl)Cl)o1. The van der Waals surface area contributed by atoms with Gasteiger partial charge in [0.15, 0.2) is 0 Å². The van der Waals surface area contributed by atoms with Crippen LogP contribution in [0.25, 0.3) is 6.08 Å². The van der Waals surface area contributed by atoms with Crippen molar-refractivity contribution in [3.63, 3.8) is 0 Å². The summed E-state index contributed by atoms with van der Waals surface area (Å²) >= 11 is 10.7. The lowest BCUT2D eigenvalue weighted by atomic mass is 10.3. The molecule has 0 fully saturated rings. The zero-order chi connectivity index (χ0) is 9.68. The van der Waals surface area contributed by atoms with E-state index in [1.165, 1.54) is 12.1 Å². The predicted molar refractivity (Wildman–Crippen MR) is 53.8 cm³/mol. The van der Waals surface area contributed by atoms with Crippen molar-refractivity contribution in [2.75, 3.05) is 0 Å². The fourth-order valence-electron chi connectivity index (χ4n) is 0.711. The van der Waals surface area contributed by atoms with Crippen LogP contribution in [0.3, 0.4) is 0 Å². The molecule has 1 aromatic heterocycles. The van der Waals surface area contributed by atoms with Crippen LogP contribution in [0.5, 0.6) is 0 Å². The first-order chi connectivity index (χ1) is 6.18. The van der Waals surface area contributed by atoms with Gasteiger partial charge in [-0.1, -0.05) is 35.3 Å². The van der Waals surface area contributed by atoms with Crippen LogP contribution in [-0.4, -0.2) is 0 Å². The number of hydrogen-bond donors (Lipinski definition) is 0. The monoisotopic (exact) mass is 216 g/mol. The summed E-state index contributed by atoms with van der Waals surface area (Å²) in [6, 6.07) is 4.60. The van der Waals surface area contributed by atoms with E-state index in [0.29, 0.717) is 5.76 Å². The first-order valence-electron chi connectivity index (χ1n) is 3.48. The Kier molecular flexibility index (Phi) is 3.80. The molecule has 13 heavy (non-hydrogen) atoms. The Bertz CT molecular complexity index is 387. The normalized spacial score (nSPS) is 10.3. The van der Waals surface area contributed by atoms with Gasteiger partial charge in [-0.15, -0.1) is 0 Å². The van der Waals surface area contributed by atoms with Crippen LogP contribution in [0.2, 0.25) is 0 Å². The molecular formula is C9H6Cl2O2. The van der Waals surface area contributed by atoms with E-state index < -0.39 is 0 Å². The third-order valence-electron chi connectivity index (χ3n) is 1.19. The maximum Gasteiger partial charge on any atom is 0.336 e. The van der Waals surface area contributed by atoms with Crippen LogP contribution in [0, 0.1) is 0 Å². The van der Waals surface area contributed by atoms with Crippen molar-refractivity contribution in [2.24, 2.45) is 0 Å². The van der Waals surface area contributed by atoms with Crippen molar-refractivity contribution in [3.05, 3.63) is 51.0 Å². The minimum Gasteiger partial charge on any atom is -0.423 e. The summed E-state index contributed by atoms with van der Waals surface area (Å²) < 4.78 is 4.95. The van der Waals surface area contributed by atoms with E-state index in [-0.39, 0.29) is 10.1 Å². The number of allylic oxidation sites excluding steroid dienone is 2. The minimum atomic E-state index is -0.386. The number of hydrogen-bond acceptors (Lipinski definition) is 2. The summed E-state index contributed by atoms with van der Waals surface area (Å²) in [5.41, 5.74) is -0.386. The zero-order valence-electron chi connectivity index (χ0n) is 6.54. The minimum absolute atomic E-state index is 0.148. The summed E-state index contributed by atoms with van der Waals surface area (Å²) in [7, 11) is 0. The largest absolute Gasteiger partial charge is 0.423 e. The van der Waals surface area contributed by atoms with E-state index >= 15 is 0 Å². The molecule has 0 aliphatic carbocycles. The van der Waals surface area contributed by atoms with Gasteiger partial charge in [0.2, 0.25) is 0 Å². The van der Waals surface area contributed by atoms with Gasteiger partial charge in [0.25, 0.3) is 0 Å². The molecular weight excluding hydrogens is 211 g/mol. The molecule has 0 aromatic carbocycles. The van der Waals surface area contributed by atoms with Crippen molar-refractivity contribution in [2.45, 2.75) is 0 Å². The summed E-state index contributed by atoms with van der Waals surface area (Å²) in [5.74, 6) is 0.457. The highest BCUT2D eigenvalue weighted by Gasteiger charge is 1.88. The van der Waals surface area contributed by atoms with E-state index in [4.69, 9.17) is 27.6 Å². The van der Waals surface area contributed by atoms with Crippen molar-refractivity contribution < 1.29 is 4.42 Å². The van der Waals surface area contributed by atoms with Gasteiger partial charge in [-0.25, -0.2) is 4.79 Å². The average Bonchev–Trinajstić information content (AvgIpc) is 2.03. The van der Waals surface area contributed by atoms with Crippen molar-refractivity contribution in [1.82, 2.24) is 0 Å². The molecule has 1 rings (SSSR count). The van der Waals surface area contributed by atoms with Gasteiger partial charge < -0.3 is 4.42 Å². The van der Waals surface area contributed by atoms with Crippen molar-refractivity contribution in [3.8, 4) is 0 Å². The first-order valence-corrected chi connectivity index (χ1v) is 4.23. The average molecular weight is 217 g/mol. The summed E-state index contributed by atoms with van der Waals surface area (Å²) in [6.45, 7) is 0. The standard InChI is InChI=1S/C9H6Cl2O2/c10-8(11)5-1-3-7-4-2-6-9(12)13-7/h1-6H. The van der Waals surface area contributed by atoms with Crippen LogP contribution in [-0.2, 0) is 0 Å². The van der Waals surface area contributed by atoms with Gasteiger partial charge in [0.1, 0.15) is 10.3 Å². The Labute approximate surface area is 85.1 Å². The molecule has 0 aliphatic rings. The molecule has 0 N–H and O–H groups in total. The molecule has 0 bridgehead atoms. The molecule has 0 saturated heterocycles. The highest BCUT2D eigenvalue weighted by molar-refractivity contribution is 6.56. The summed E-state index contributed by atoms with van der Waals surface area (Å²) in [6.07, 6.45) is 4.66. The van der Waals surface area contributed by atoms with Crippen LogP contribution in [0.1, 0.15) is 5.76 Å². The molecule has 0 saturated carbocycles.